The monoisotopic (exact) mass is 385 g/mol. The fraction of sp³-hybridized carbons (Fsp3) is 0. The number of hydrogen-bond donors (Lipinski definition) is 0. The summed E-state index contributed by atoms with van der Waals surface area (Å²) in [6.45, 7) is 0. The average Bonchev–Trinajstić information content (AvgIpc) is 3.44. The molecule has 2 heterocycles. The van der Waals surface area contributed by atoms with Crippen LogP contribution < -0.4 is 4.90 Å². The van der Waals surface area contributed by atoms with E-state index in [4.69, 9.17) is 4.42 Å². The number of fused-ring (bicyclic) bond motifs is 5. The lowest BCUT2D eigenvalue weighted by Crippen LogP contribution is -2.09. The minimum Gasteiger partial charge on any atom is -0.456 e. The first kappa shape index (κ1) is 16.9. The van der Waals surface area contributed by atoms with Gasteiger partial charge in [0.15, 0.2) is 0 Å². The van der Waals surface area contributed by atoms with Gasteiger partial charge in [-0.1, -0.05) is 54.6 Å². The van der Waals surface area contributed by atoms with Crippen LogP contribution in [0.4, 0.5) is 17.1 Å². The van der Waals surface area contributed by atoms with Gasteiger partial charge in [0.1, 0.15) is 11.2 Å². The Hall–Kier alpha value is -4.04. The van der Waals surface area contributed by atoms with E-state index in [1.54, 1.807) is 0 Å². The van der Waals surface area contributed by atoms with Crippen LogP contribution in [0.5, 0.6) is 0 Å². The third-order valence-corrected chi connectivity index (χ3v) is 5.62. The molecule has 142 valence electrons. The van der Waals surface area contributed by atoms with Crippen LogP contribution in [0.1, 0.15) is 0 Å². The van der Waals surface area contributed by atoms with E-state index in [2.05, 4.69) is 95.9 Å². The standard InChI is InChI=1S/C28H19NO/c1-3-9-22(10-4-1)29(23-11-5-2-6-12-23)24-13-7-8-20(18-24)21-14-15-25-26(19-21)28-17-16-27(25)30-28/h1-19H. The Balaban J connectivity index is 1.48. The first-order valence-electron chi connectivity index (χ1n) is 10.1. The topological polar surface area (TPSA) is 16.4 Å². The second-order valence-corrected chi connectivity index (χ2v) is 7.48. The molecule has 0 unspecified atom stereocenters. The fourth-order valence-corrected chi connectivity index (χ4v) is 4.20. The van der Waals surface area contributed by atoms with Crippen molar-refractivity contribution in [3.8, 4) is 11.1 Å². The lowest BCUT2D eigenvalue weighted by Gasteiger charge is -2.25. The SMILES string of the molecule is c1ccc(N(c2ccccc2)c2cccc(-c3ccc4c5ccc(o5)c4c3)c2)cc1. The van der Waals surface area contributed by atoms with Gasteiger partial charge in [-0.3, -0.25) is 0 Å². The average molecular weight is 385 g/mol. The molecule has 30 heavy (non-hydrogen) atoms. The van der Waals surface area contributed by atoms with Crippen molar-refractivity contribution in [1.82, 2.24) is 0 Å². The van der Waals surface area contributed by atoms with Gasteiger partial charge in [0, 0.05) is 27.8 Å². The maximum absolute atomic E-state index is 5.83. The van der Waals surface area contributed by atoms with E-state index in [-0.39, 0.29) is 0 Å². The van der Waals surface area contributed by atoms with E-state index in [1.165, 1.54) is 21.9 Å². The molecule has 6 rings (SSSR count). The summed E-state index contributed by atoms with van der Waals surface area (Å²) in [5.74, 6) is 0. The van der Waals surface area contributed by atoms with Crippen molar-refractivity contribution in [3.63, 3.8) is 0 Å². The van der Waals surface area contributed by atoms with Gasteiger partial charge in [-0.15, -0.1) is 0 Å². The van der Waals surface area contributed by atoms with Crippen molar-refractivity contribution in [3.05, 3.63) is 115 Å². The quantitative estimate of drug-likeness (QED) is 0.304. The molecule has 0 amide bonds. The molecular formula is C28H19NO. The summed E-state index contributed by atoms with van der Waals surface area (Å²) in [5, 5.41) is 2.36. The zero-order valence-corrected chi connectivity index (χ0v) is 16.3. The first-order valence-corrected chi connectivity index (χ1v) is 10.1. The largest absolute Gasteiger partial charge is 0.456 e. The van der Waals surface area contributed by atoms with Gasteiger partial charge in [-0.25, -0.2) is 0 Å². The molecule has 0 spiro atoms. The van der Waals surface area contributed by atoms with Crippen molar-refractivity contribution in [2.24, 2.45) is 0 Å². The molecule has 0 saturated heterocycles. The molecular weight excluding hydrogens is 366 g/mol. The number of benzene rings is 5. The maximum Gasteiger partial charge on any atom is 0.135 e. The Morgan fingerprint density at radius 2 is 1.03 bits per heavy atom. The normalized spacial score (nSPS) is 11.3. The van der Waals surface area contributed by atoms with Gasteiger partial charge in [0.05, 0.1) is 0 Å². The zero-order chi connectivity index (χ0) is 19.9. The van der Waals surface area contributed by atoms with E-state index in [0.717, 1.165) is 28.2 Å². The van der Waals surface area contributed by atoms with Crippen LogP contribution in [0.15, 0.2) is 120 Å². The molecule has 2 heteroatoms. The zero-order valence-electron chi connectivity index (χ0n) is 16.3. The van der Waals surface area contributed by atoms with Crippen LogP contribution >= 0.6 is 0 Å². The van der Waals surface area contributed by atoms with Crippen molar-refractivity contribution in [1.29, 1.82) is 0 Å². The Kier molecular flexibility index (Phi) is 3.82. The van der Waals surface area contributed by atoms with Gasteiger partial charge >= 0.3 is 0 Å². The minimum absolute atomic E-state index is 0.952. The number of hydrogen-bond acceptors (Lipinski definition) is 2. The van der Waals surface area contributed by atoms with Crippen LogP contribution in [0.3, 0.4) is 0 Å². The van der Waals surface area contributed by atoms with Crippen molar-refractivity contribution < 1.29 is 4.42 Å². The number of furan rings is 2. The number of rotatable bonds is 4. The summed E-state index contributed by atoms with van der Waals surface area (Å²) in [6.07, 6.45) is 0. The first-order chi connectivity index (χ1) is 14.9. The molecule has 0 atom stereocenters. The van der Waals surface area contributed by atoms with Crippen LogP contribution in [-0.4, -0.2) is 0 Å². The Bertz CT molecular complexity index is 1390. The predicted molar refractivity (Wildman–Crippen MR) is 125 cm³/mol. The number of anilines is 3. The third kappa shape index (κ3) is 2.73. The van der Waals surface area contributed by atoms with Crippen molar-refractivity contribution >= 4 is 39.0 Å². The molecule has 0 saturated carbocycles. The van der Waals surface area contributed by atoms with Crippen LogP contribution in [-0.2, 0) is 0 Å². The summed E-state index contributed by atoms with van der Waals surface area (Å²) in [6, 6.07) is 40.3. The lowest BCUT2D eigenvalue weighted by molar-refractivity contribution is 0.679. The minimum atomic E-state index is 0.952. The van der Waals surface area contributed by atoms with Gasteiger partial charge < -0.3 is 9.32 Å². The highest BCUT2D eigenvalue weighted by atomic mass is 16.3. The summed E-state index contributed by atoms with van der Waals surface area (Å²) in [7, 11) is 0. The molecule has 2 nitrogen and oxygen atoms in total. The highest BCUT2D eigenvalue weighted by molar-refractivity contribution is 6.08. The molecule has 0 N–H and O–H groups in total. The molecule has 0 aliphatic carbocycles. The van der Waals surface area contributed by atoms with E-state index in [0.29, 0.717) is 0 Å². The predicted octanol–water partition coefficient (Wildman–Crippen LogP) is 8.16. The van der Waals surface area contributed by atoms with Crippen molar-refractivity contribution in [2.45, 2.75) is 0 Å². The lowest BCUT2D eigenvalue weighted by atomic mass is 10.0. The number of nitrogens with zero attached hydrogens (tertiary/aromatic N) is 1. The third-order valence-electron chi connectivity index (χ3n) is 5.62. The molecule has 0 radical (unpaired) electrons. The summed E-state index contributed by atoms with van der Waals surface area (Å²) in [5.41, 5.74) is 7.69. The van der Waals surface area contributed by atoms with Crippen LogP contribution in [0.2, 0.25) is 0 Å². The second kappa shape index (κ2) is 6.78. The molecule has 2 aromatic heterocycles. The summed E-state index contributed by atoms with van der Waals surface area (Å²) >= 11 is 0. The molecule has 6 aromatic rings. The summed E-state index contributed by atoms with van der Waals surface area (Å²) in [4.78, 5) is 2.29. The Morgan fingerprint density at radius 1 is 0.433 bits per heavy atom. The van der Waals surface area contributed by atoms with Gasteiger partial charge in [-0.2, -0.15) is 0 Å². The van der Waals surface area contributed by atoms with E-state index >= 15 is 0 Å². The van der Waals surface area contributed by atoms with Crippen LogP contribution in [0, 0.1) is 0 Å². The fourth-order valence-electron chi connectivity index (χ4n) is 4.20. The molecule has 4 aromatic carbocycles. The molecule has 2 bridgehead atoms. The van der Waals surface area contributed by atoms with Crippen LogP contribution in [0.25, 0.3) is 33.1 Å². The highest BCUT2D eigenvalue weighted by Crippen LogP contribution is 2.38. The van der Waals surface area contributed by atoms with E-state index < -0.39 is 0 Å². The Labute approximate surface area is 174 Å². The van der Waals surface area contributed by atoms with E-state index in [1.807, 2.05) is 24.3 Å². The smallest absolute Gasteiger partial charge is 0.135 e. The molecule has 0 aliphatic rings. The maximum atomic E-state index is 5.83. The molecule has 0 fully saturated rings. The van der Waals surface area contributed by atoms with Gasteiger partial charge in [0.2, 0.25) is 0 Å². The Morgan fingerprint density at radius 3 is 1.73 bits per heavy atom. The van der Waals surface area contributed by atoms with Gasteiger partial charge in [-0.05, 0) is 71.8 Å². The second-order valence-electron chi connectivity index (χ2n) is 7.48. The molecule has 0 aliphatic heterocycles. The van der Waals surface area contributed by atoms with Crippen molar-refractivity contribution in [2.75, 3.05) is 4.90 Å². The highest BCUT2D eigenvalue weighted by Gasteiger charge is 2.14. The van der Waals surface area contributed by atoms with E-state index in [9.17, 15) is 0 Å². The summed E-state index contributed by atoms with van der Waals surface area (Å²) < 4.78 is 5.83. The van der Waals surface area contributed by atoms with Gasteiger partial charge in [0.25, 0.3) is 0 Å². The number of para-hydroxylation sites is 2.